The van der Waals surface area contributed by atoms with Gasteiger partial charge in [-0.25, -0.2) is 0 Å². The lowest BCUT2D eigenvalue weighted by Crippen LogP contribution is -1.97. The smallest absolute Gasteiger partial charge is 0.199 e. The van der Waals surface area contributed by atoms with Crippen LogP contribution in [0.4, 0.5) is 0 Å². The van der Waals surface area contributed by atoms with Gasteiger partial charge in [0.1, 0.15) is 6.33 Å². The van der Waals surface area contributed by atoms with E-state index in [2.05, 4.69) is 26.1 Å². The molecule has 2 rings (SSSR count). The minimum absolute atomic E-state index is 0.847. The molecule has 0 atom stereocenters. The van der Waals surface area contributed by atoms with E-state index in [1.54, 1.807) is 6.33 Å². The van der Waals surface area contributed by atoms with Crippen molar-refractivity contribution in [2.75, 3.05) is 0 Å². The molecule has 10 heavy (non-hydrogen) atoms. The fraction of sp³-hybridized carbons (Fsp3) is 0.667. The van der Waals surface area contributed by atoms with Crippen LogP contribution >= 0.6 is 15.9 Å². The van der Waals surface area contributed by atoms with Crippen molar-refractivity contribution >= 4 is 15.9 Å². The van der Waals surface area contributed by atoms with Crippen molar-refractivity contribution < 1.29 is 0 Å². The number of nitrogens with zero attached hydrogens (tertiary/aromatic N) is 3. The third-order valence-corrected chi connectivity index (χ3v) is 2.33. The van der Waals surface area contributed by atoms with E-state index >= 15 is 0 Å². The zero-order valence-electron chi connectivity index (χ0n) is 5.50. The molecule has 0 aromatic carbocycles. The second-order valence-corrected chi connectivity index (χ2v) is 3.40. The molecule has 1 fully saturated rings. The minimum Gasteiger partial charge on any atom is -0.308 e. The first-order valence-corrected chi connectivity index (χ1v) is 4.19. The van der Waals surface area contributed by atoms with Gasteiger partial charge in [-0.05, 0) is 34.7 Å². The van der Waals surface area contributed by atoms with Crippen molar-refractivity contribution in [1.29, 1.82) is 0 Å². The molecule has 1 aliphatic carbocycles. The van der Waals surface area contributed by atoms with Gasteiger partial charge in [-0.15, -0.1) is 10.2 Å². The number of aromatic nitrogens is 3. The summed E-state index contributed by atoms with van der Waals surface area (Å²) in [5.74, 6) is 0.882. The van der Waals surface area contributed by atoms with Crippen LogP contribution in [-0.2, 0) is 6.54 Å². The zero-order chi connectivity index (χ0) is 6.97. The van der Waals surface area contributed by atoms with Gasteiger partial charge in [0, 0.05) is 6.54 Å². The van der Waals surface area contributed by atoms with Gasteiger partial charge in [0.25, 0.3) is 0 Å². The Morgan fingerprint density at radius 3 is 3.00 bits per heavy atom. The van der Waals surface area contributed by atoms with Crippen molar-refractivity contribution in [3.63, 3.8) is 0 Å². The third-order valence-electron chi connectivity index (χ3n) is 1.72. The summed E-state index contributed by atoms with van der Waals surface area (Å²) in [5.41, 5.74) is 0. The Balaban J connectivity index is 2.08. The first-order chi connectivity index (χ1) is 4.86. The largest absolute Gasteiger partial charge is 0.308 e. The number of rotatable bonds is 2. The van der Waals surface area contributed by atoms with Crippen LogP contribution in [0, 0.1) is 5.92 Å². The average molecular weight is 202 g/mol. The summed E-state index contributed by atoms with van der Waals surface area (Å²) in [6.07, 6.45) is 4.50. The van der Waals surface area contributed by atoms with Crippen LogP contribution in [0.25, 0.3) is 0 Å². The van der Waals surface area contributed by atoms with Crippen molar-refractivity contribution in [2.24, 2.45) is 5.92 Å². The van der Waals surface area contributed by atoms with Gasteiger partial charge in [-0.3, -0.25) is 0 Å². The van der Waals surface area contributed by atoms with E-state index in [0.717, 1.165) is 17.2 Å². The normalized spacial score (nSPS) is 17.7. The third kappa shape index (κ3) is 1.21. The molecule has 0 amide bonds. The molecular weight excluding hydrogens is 194 g/mol. The quantitative estimate of drug-likeness (QED) is 0.726. The van der Waals surface area contributed by atoms with Gasteiger partial charge < -0.3 is 4.57 Å². The van der Waals surface area contributed by atoms with Crippen LogP contribution in [-0.4, -0.2) is 14.8 Å². The summed E-state index contributed by atoms with van der Waals surface area (Å²) in [6.45, 7) is 1.08. The van der Waals surface area contributed by atoms with Crippen molar-refractivity contribution in [3.8, 4) is 0 Å². The van der Waals surface area contributed by atoms with Gasteiger partial charge in [-0.1, -0.05) is 0 Å². The molecule has 0 radical (unpaired) electrons. The monoisotopic (exact) mass is 201 g/mol. The topological polar surface area (TPSA) is 30.7 Å². The molecule has 0 unspecified atom stereocenters. The van der Waals surface area contributed by atoms with Gasteiger partial charge in [0.2, 0.25) is 0 Å². The average Bonchev–Trinajstić information content (AvgIpc) is 2.62. The van der Waals surface area contributed by atoms with Crippen molar-refractivity contribution in [1.82, 2.24) is 14.8 Å². The van der Waals surface area contributed by atoms with Crippen molar-refractivity contribution in [3.05, 3.63) is 11.1 Å². The first-order valence-electron chi connectivity index (χ1n) is 3.39. The van der Waals surface area contributed by atoms with Crippen molar-refractivity contribution in [2.45, 2.75) is 19.4 Å². The van der Waals surface area contributed by atoms with Crippen LogP contribution < -0.4 is 0 Å². The summed E-state index contributed by atoms with van der Waals surface area (Å²) >= 11 is 3.31. The molecule has 0 saturated heterocycles. The highest BCUT2D eigenvalue weighted by Gasteiger charge is 2.22. The lowest BCUT2D eigenvalue weighted by molar-refractivity contribution is 0.613. The molecule has 0 N–H and O–H groups in total. The lowest BCUT2D eigenvalue weighted by Gasteiger charge is -1.97. The van der Waals surface area contributed by atoms with E-state index in [1.807, 2.05) is 4.57 Å². The Labute approximate surface area is 67.6 Å². The highest BCUT2D eigenvalue weighted by atomic mass is 79.9. The molecule has 0 bridgehead atoms. The zero-order valence-corrected chi connectivity index (χ0v) is 7.08. The van der Waals surface area contributed by atoms with Crippen LogP contribution in [0.1, 0.15) is 12.8 Å². The Hall–Kier alpha value is -0.380. The second-order valence-electron chi connectivity index (χ2n) is 2.70. The van der Waals surface area contributed by atoms with Gasteiger partial charge in [-0.2, -0.15) is 0 Å². The van der Waals surface area contributed by atoms with Crippen LogP contribution in [0.15, 0.2) is 11.1 Å². The van der Waals surface area contributed by atoms with E-state index in [9.17, 15) is 0 Å². The standard InChI is InChI=1S/C6H8BrN3/c7-6-9-8-4-10(6)3-5-1-2-5/h4-5H,1-3H2. The molecule has 4 heteroatoms. The molecular formula is C6H8BrN3. The molecule has 3 nitrogen and oxygen atoms in total. The second kappa shape index (κ2) is 2.34. The van der Waals surface area contributed by atoms with Gasteiger partial charge >= 0.3 is 0 Å². The van der Waals surface area contributed by atoms with Gasteiger partial charge in [0.05, 0.1) is 0 Å². The summed E-state index contributed by atoms with van der Waals surface area (Å²) < 4.78 is 2.89. The maximum Gasteiger partial charge on any atom is 0.199 e. The highest BCUT2D eigenvalue weighted by Crippen LogP contribution is 2.31. The van der Waals surface area contributed by atoms with E-state index in [0.29, 0.717) is 0 Å². The fourth-order valence-corrected chi connectivity index (χ4v) is 1.27. The van der Waals surface area contributed by atoms with E-state index in [4.69, 9.17) is 0 Å². The molecule has 1 saturated carbocycles. The SMILES string of the molecule is Brc1nncn1CC1CC1. The maximum absolute atomic E-state index is 3.83. The highest BCUT2D eigenvalue weighted by molar-refractivity contribution is 9.10. The summed E-state index contributed by atoms with van der Waals surface area (Å²) in [4.78, 5) is 0. The molecule has 1 aromatic rings. The van der Waals surface area contributed by atoms with Crippen LogP contribution in [0.2, 0.25) is 0 Å². The molecule has 1 aliphatic rings. The molecule has 0 spiro atoms. The molecule has 54 valence electrons. The number of hydrogen-bond donors (Lipinski definition) is 0. The molecule has 1 heterocycles. The Morgan fingerprint density at radius 2 is 2.50 bits per heavy atom. The fourth-order valence-electron chi connectivity index (χ4n) is 0.942. The van der Waals surface area contributed by atoms with E-state index in [1.165, 1.54) is 12.8 Å². The van der Waals surface area contributed by atoms with E-state index < -0.39 is 0 Å². The first kappa shape index (κ1) is 6.34. The van der Waals surface area contributed by atoms with Crippen LogP contribution in [0.5, 0.6) is 0 Å². The molecule has 0 aliphatic heterocycles. The molecule has 1 aromatic heterocycles. The maximum atomic E-state index is 3.83. The lowest BCUT2D eigenvalue weighted by atomic mass is 10.4. The Bertz CT molecular complexity index is 229. The van der Waals surface area contributed by atoms with Gasteiger partial charge in [0.15, 0.2) is 4.73 Å². The van der Waals surface area contributed by atoms with E-state index in [-0.39, 0.29) is 0 Å². The number of hydrogen-bond acceptors (Lipinski definition) is 2. The number of halogens is 1. The Morgan fingerprint density at radius 1 is 1.70 bits per heavy atom. The summed E-state index contributed by atoms with van der Waals surface area (Å²) in [5, 5.41) is 7.60. The minimum atomic E-state index is 0.847. The predicted molar refractivity (Wildman–Crippen MR) is 40.4 cm³/mol. The summed E-state index contributed by atoms with van der Waals surface area (Å²) in [6, 6.07) is 0. The summed E-state index contributed by atoms with van der Waals surface area (Å²) in [7, 11) is 0. The Kier molecular flexibility index (Phi) is 1.48. The van der Waals surface area contributed by atoms with Crippen LogP contribution in [0.3, 0.4) is 0 Å². The predicted octanol–water partition coefficient (Wildman–Crippen LogP) is 1.45.